The fourth-order valence-electron chi connectivity index (χ4n) is 1.67. The number of hydrogen-bond acceptors (Lipinski definition) is 4. The van der Waals surface area contributed by atoms with Crippen molar-refractivity contribution in [3.63, 3.8) is 0 Å². The van der Waals surface area contributed by atoms with E-state index in [2.05, 4.69) is 6.58 Å². The van der Waals surface area contributed by atoms with Gasteiger partial charge in [0.05, 0.1) is 11.4 Å². The zero-order valence-corrected chi connectivity index (χ0v) is 10.1. The summed E-state index contributed by atoms with van der Waals surface area (Å²) < 4.78 is 5.45. The molecule has 0 heterocycles. The monoisotopic (exact) mass is 242 g/mol. The van der Waals surface area contributed by atoms with E-state index in [1.165, 1.54) is 6.92 Å². The highest BCUT2D eigenvalue weighted by Gasteiger charge is 2.11. The summed E-state index contributed by atoms with van der Waals surface area (Å²) in [7, 11) is 0. The first-order chi connectivity index (χ1) is 8.50. The average molecular weight is 242 g/mol. The van der Waals surface area contributed by atoms with E-state index in [-0.39, 0.29) is 11.5 Å². The number of fused-ring (bicyclic) bond motifs is 1. The van der Waals surface area contributed by atoms with Gasteiger partial charge in [0.15, 0.2) is 11.5 Å². The van der Waals surface area contributed by atoms with E-state index in [0.29, 0.717) is 17.1 Å². The third-order valence-electron chi connectivity index (χ3n) is 2.71. The molecule has 18 heavy (non-hydrogen) atoms. The number of allylic oxidation sites excluding steroid dienone is 1. The minimum atomic E-state index is -0.227. The molecule has 0 saturated heterocycles. The molecular formula is C14H14N2O2. The molecule has 0 aliphatic carbocycles. The molecule has 4 nitrogen and oxygen atoms in total. The maximum absolute atomic E-state index is 11.2. The summed E-state index contributed by atoms with van der Waals surface area (Å²) in [6.45, 7) is 4.96. The van der Waals surface area contributed by atoms with Gasteiger partial charge in [0, 0.05) is 23.8 Å². The van der Waals surface area contributed by atoms with Gasteiger partial charge < -0.3 is 16.2 Å². The van der Waals surface area contributed by atoms with Crippen LogP contribution in [0, 0.1) is 0 Å². The van der Waals surface area contributed by atoms with E-state index in [4.69, 9.17) is 16.2 Å². The van der Waals surface area contributed by atoms with E-state index in [9.17, 15) is 4.79 Å². The van der Waals surface area contributed by atoms with Crippen molar-refractivity contribution in [1.29, 1.82) is 0 Å². The Morgan fingerprint density at radius 3 is 2.44 bits per heavy atom. The first kappa shape index (κ1) is 12.0. The van der Waals surface area contributed by atoms with Gasteiger partial charge in [-0.3, -0.25) is 4.79 Å². The molecule has 0 bridgehead atoms. The molecule has 4 N–H and O–H groups in total. The molecule has 0 radical (unpaired) electrons. The Balaban J connectivity index is 2.61. The van der Waals surface area contributed by atoms with Gasteiger partial charge in [0.25, 0.3) is 0 Å². The highest BCUT2D eigenvalue weighted by atomic mass is 16.5. The fraction of sp³-hybridized carbons (Fsp3) is 0.0714. The summed E-state index contributed by atoms with van der Waals surface area (Å²) in [5.41, 5.74) is 12.6. The van der Waals surface area contributed by atoms with Crippen LogP contribution in [-0.4, -0.2) is 5.78 Å². The second-order valence-corrected chi connectivity index (χ2v) is 4.00. The number of nitrogen functional groups attached to an aromatic ring is 2. The van der Waals surface area contributed by atoms with Crippen molar-refractivity contribution >= 4 is 27.9 Å². The molecule has 92 valence electrons. The Hall–Kier alpha value is -2.49. The first-order valence-corrected chi connectivity index (χ1v) is 5.45. The summed E-state index contributed by atoms with van der Waals surface area (Å²) in [6.07, 6.45) is 0. The maximum Gasteiger partial charge on any atom is 0.194 e. The van der Waals surface area contributed by atoms with Gasteiger partial charge >= 0.3 is 0 Å². The summed E-state index contributed by atoms with van der Waals surface area (Å²) in [5, 5.41) is 1.59. The highest BCUT2D eigenvalue weighted by molar-refractivity contribution is 6.02. The van der Waals surface area contributed by atoms with Gasteiger partial charge in [0.2, 0.25) is 0 Å². The van der Waals surface area contributed by atoms with Crippen molar-refractivity contribution in [2.24, 2.45) is 0 Å². The third kappa shape index (κ3) is 2.00. The van der Waals surface area contributed by atoms with Crippen molar-refractivity contribution < 1.29 is 9.53 Å². The van der Waals surface area contributed by atoms with Crippen LogP contribution in [-0.2, 0) is 4.79 Å². The van der Waals surface area contributed by atoms with Crippen molar-refractivity contribution in [2.45, 2.75) is 6.92 Å². The van der Waals surface area contributed by atoms with Crippen LogP contribution in [0.5, 0.6) is 5.75 Å². The number of ketones is 1. The molecule has 4 heteroatoms. The normalized spacial score (nSPS) is 10.3. The number of carbonyl (C=O) groups is 1. The van der Waals surface area contributed by atoms with E-state index >= 15 is 0 Å². The zero-order chi connectivity index (χ0) is 13.3. The van der Waals surface area contributed by atoms with Crippen molar-refractivity contribution in [1.82, 2.24) is 0 Å². The fourth-order valence-corrected chi connectivity index (χ4v) is 1.67. The Bertz CT molecular complexity index is 648. The average Bonchev–Trinajstić information content (AvgIpc) is 2.35. The number of ether oxygens (including phenoxy) is 1. The van der Waals surface area contributed by atoms with Crippen molar-refractivity contribution in [3.8, 4) is 5.75 Å². The standard InChI is InChI=1S/C14H14N2O2/c1-8(17)9(2)18-13-7-12(15)14(16)11-6-4-3-5-10(11)13/h3-7H,2,15-16H2,1H3. The molecule has 0 spiro atoms. The Kier molecular flexibility index (Phi) is 2.93. The van der Waals surface area contributed by atoms with Gasteiger partial charge in [-0.25, -0.2) is 0 Å². The maximum atomic E-state index is 11.2. The van der Waals surface area contributed by atoms with Crippen LogP contribution in [0.2, 0.25) is 0 Å². The van der Waals surface area contributed by atoms with E-state index in [0.717, 1.165) is 10.8 Å². The lowest BCUT2D eigenvalue weighted by molar-refractivity contribution is -0.115. The third-order valence-corrected chi connectivity index (χ3v) is 2.71. The molecule has 0 atom stereocenters. The molecule has 2 rings (SSSR count). The second kappa shape index (κ2) is 4.41. The van der Waals surface area contributed by atoms with Crippen LogP contribution in [0.4, 0.5) is 11.4 Å². The number of hydrogen-bond donors (Lipinski definition) is 2. The number of carbonyl (C=O) groups excluding carboxylic acids is 1. The second-order valence-electron chi connectivity index (χ2n) is 4.00. The molecule has 0 fully saturated rings. The molecule has 0 aromatic heterocycles. The molecule has 2 aromatic rings. The van der Waals surface area contributed by atoms with E-state index < -0.39 is 0 Å². The lowest BCUT2D eigenvalue weighted by Gasteiger charge is -2.12. The summed E-state index contributed by atoms with van der Waals surface area (Å²) in [4.78, 5) is 11.2. The number of benzene rings is 2. The molecule has 0 aliphatic rings. The van der Waals surface area contributed by atoms with Crippen LogP contribution >= 0.6 is 0 Å². The SMILES string of the molecule is C=C(Oc1cc(N)c(N)c2ccccc12)C(C)=O. The van der Waals surface area contributed by atoms with Crippen LogP contribution in [0.3, 0.4) is 0 Å². The largest absolute Gasteiger partial charge is 0.454 e. The van der Waals surface area contributed by atoms with Crippen LogP contribution in [0.1, 0.15) is 6.92 Å². The number of nitrogens with two attached hydrogens (primary N) is 2. The summed E-state index contributed by atoms with van der Waals surface area (Å²) in [6, 6.07) is 9.03. The predicted molar refractivity (Wildman–Crippen MR) is 73.2 cm³/mol. The van der Waals surface area contributed by atoms with Gasteiger partial charge in [-0.2, -0.15) is 0 Å². The van der Waals surface area contributed by atoms with E-state index in [1.54, 1.807) is 6.07 Å². The van der Waals surface area contributed by atoms with E-state index in [1.807, 2.05) is 24.3 Å². The van der Waals surface area contributed by atoms with Crippen molar-refractivity contribution in [2.75, 3.05) is 11.5 Å². The number of rotatable bonds is 3. The molecule has 0 aliphatic heterocycles. The lowest BCUT2D eigenvalue weighted by Crippen LogP contribution is -2.04. The molecule has 0 amide bonds. The Labute approximate surface area is 105 Å². The minimum Gasteiger partial charge on any atom is -0.454 e. The molecule has 2 aromatic carbocycles. The first-order valence-electron chi connectivity index (χ1n) is 5.45. The Morgan fingerprint density at radius 2 is 1.83 bits per heavy atom. The summed E-state index contributed by atoms with van der Waals surface area (Å²) in [5.74, 6) is 0.330. The molecule has 0 unspecified atom stereocenters. The summed E-state index contributed by atoms with van der Waals surface area (Å²) >= 11 is 0. The Morgan fingerprint density at radius 1 is 1.22 bits per heavy atom. The number of Topliss-reactive ketones (excluding diaryl/α,β-unsaturated/α-hetero) is 1. The van der Waals surface area contributed by atoms with Crippen LogP contribution in [0.25, 0.3) is 10.8 Å². The van der Waals surface area contributed by atoms with Crippen molar-refractivity contribution in [3.05, 3.63) is 42.7 Å². The molecule has 0 saturated carbocycles. The van der Waals surface area contributed by atoms with Crippen LogP contribution in [0.15, 0.2) is 42.7 Å². The number of anilines is 2. The van der Waals surface area contributed by atoms with Gasteiger partial charge in [0.1, 0.15) is 5.75 Å². The smallest absolute Gasteiger partial charge is 0.194 e. The predicted octanol–water partition coefficient (Wildman–Crippen LogP) is 2.49. The topological polar surface area (TPSA) is 78.3 Å². The minimum absolute atomic E-state index is 0.0734. The quantitative estimate of drug-likeness (QED) is 0.492. The molecular weight excluding hydrogens is 228 g/mol. The van der Waals surface area contributed by atoms with Gasteiger partial charge in [-0.15, -0.1) is 0 Å². The highest BCUT2D eigenvalue weighted by Crippen LogP contribution is 2.35. The van der Waals surface area contributed by atoms with Gasteiger partial charge in [-0.05, 0) is 0 Å². The van der Waals surface area contributed by atoms with Crippen LogP contribution < -0.4 is 16.2 Å². The van der Waals surface area contributed by atoms with Gasteiger partial charge in [-0.1, -0.05) is 30.8 Å². The zero-order valence-electron chi connectivity index (χ0n) is 10.1. The lowest BCUT2D eigenvalue weighted by atomic mass is 10.1.